The van der Waals surface area contributed by atoms with E-state index >= 15 is 0 Å². The van der Waals surface area contributed by atoms with Crippen LogP contribution in [0.1, 0.15) is 17.8 Å². The molecule has 0 fully saturated rings. The molecule has 2 heterocycles. The summed E-state index contributed by atoms with van der Waals surface area (Å²) in [5.41, 5.74) is 6.81. The summed E-state index contributed by atoms with van der Waals surface area (Å²) < 4.78 is 1.81. The summed E-state index contributed by atoms with van der Waals surface area (Å²) in [6.45, 7) is 1.99. The minimum absolute atomic E-state index is 0.109. The standard InChI is InChI=1S/C10H13N3S/c1-7(11)9-3-4-10(14-9)8-5-6-13(2)12-8/h3-7H,11H2,1-2H3. The minimum Gasteiger partial charge on any atom is -0.324 e. The fraction of sp³-hybridized carbons (Fsp3) is 0.300. The quantitative estimate of drug-likeness (QED) is 0.820. The molecule has 14 heavy (non-hydrogen) atoms. The van der Waals surface area contributed by atoms with Gasteiger partial charge in [-0.15, -0.1) is 11.3 Å². The highest BCUT2D eigenvalue weighted by atomic mass is 32.1. The highest BCUT2D eigenvalue weighted by molar-refractivity contribution is 7.15. The van der Waals surface area contributed by atoms with Crippen molar-refractivity contribution in [3.05, 3.63) is 29.3 Å². The van der Waals surface area contributed by atoms with Crippen molar-refractivity contribution in [1.29, 1.82) is 0 Å². The van der Waals surface area contributed by atoms with E-state index in [1.807, 2.05) is 26.2 Å². The molecular formula is C10H13N3S. The van der Waals surface area contributed by atoms with E-state index in [1.54, 1.807) is 16.0 Å². The molecule has 0 aliphatic heterocycles. The van der Waals surface area contributed by atoms with E-state index in [0.29, 0.717) is 0 Å². The number of aryl methyl sites for hydroxylation is 1. The van der Waals surface area contributed by atoms with Crippen LogP contribution in [0.3, 0.4) is 0 Å². The summed E-state index contributed by atoms with van der Waals surface area (Å²) >= 11 is 1.71. The first kappa shape index (κ1) is 9.43. The Bertz CT molecular complexity index is 428. The van der Waals surface area contributed by atoms with Crippen LogP contribution in [0.25, 0.3) is 10.6 Å². The summed E-state index contributed by atoms with van der Waals surface area (Å²) in [6.07, 6.45) is 1.95. The number of rotatable bonds is 2. The normalized spacial score (nSPS) is 13.1. The van der Waals surface area contributed by atoms with E-state index in [-0.39, 0.29) is 6.04 Å². The zero-order valence-corrected chi connectivity index (χ0v) is 9.08. The van der Waals surface area contributed by atoms with Gasteiger partial charge in [0, 0.05) is 24.2 Å². The molecule has 0 aromatic carbocycles. The van der Waals surface area contributed by atoms with Crippen LogP contribution < -0.4 is 5.73 Å². The summed E-state index contributed by atoms with van der Waals surface area (Å²) in [7, 11) is 1.92. The third kappa shape index (κ3) is 1.71. The number of nitrogens with two attached hydrogens (primary N) is 1. The van der Waals surface area contributed by atoms with Crippen molar-refractivity contribution < 1.29 is 0 Å². The van der Waals surface area contributed by atoms with Crippen LogP contribution in [0.4, 0.5) is 0 Å². The van der Waals surface area contributed by atoms with Gasteiger partial charge in [-0.1, -0.05) is 0 Å². The maximum atomic E-state index is 5.80. The first-order chi connectivity index (χ1) is 6.66. The van der Waals surface area contributed by atoms with Crippen molar-refractivity contribution in [2.24, 2.45) is 12.8 Å². The average molecular weight is 207 g/mol. The molecular weight excluding hydrogens is 194 g/mol. The van der Waals surface area contributed by atoms with Gasteiger partial charge in [0.05, 0.1) is 4.88 Å². The molecule has 0 aliphatic rings. The Hall–Kier alpha value is -1.13. The molecule has 0 radical (unpaired) electrons. The molecule has 2 N–H and O–H groups in total. The molecule has 0 amide bonds. The van der Waals surface area contributed by atoms with Crippen LogP contribution >= 0.6 is 11.3 Å². The van der Waals surface area contributed by atoms with Gasteiger partial charge in [-0.3, -0.25) is 4.68 Å². The second kappa shape index (κ2) is 3.55. The molecule has 0 spiro atoms. The van der Waals surface area contributed by atoms with Crippen LogP contribution in [0.5, 0.6) is 0 Å². The van der Waals surface area contributed by atoms with Gasteiger partial charge < -0.3 is 5.73 Å². The molecule has 0 aliphatic carbocycles. The Labute approximate surface area is 87.2 Å². The molecule has 1 atom stereocenters. The van der Waals surface area contributed by atoms with Crippen LogP contribution in [-0.2, 0) is 7.05 Å². The van der Waals surface area contributed by atoms with E-state index < -0.39 is 0 Å². The van der Waals surface area contributed by atoms with Crippen LogP contribution in [0, 0.1) is 0 Å². The number of hydrogen-bond acceptors (Lipinski definition) is 3. The Morgan fingerprint density at radius 3 is 2.71 bits per heavy atom. The van der Waals surface area contributed by atoms with E-state index in [0.717, 1.165) is 5.69 Å². The molecule has 2 rings (SSSR count). The lowest BCUT2D eigenvalue weighted by atomic mass is 10.3. The highest BCUT2D eigenvalue weighted by Crippen LogP contribution is 2.29. The lowest BCUT2D eigenvalue weighted by molar-refractivity contribution is 0.771. The SMILES string of the molecule is CC(N)c1ccc(-c2ccn(C)n2)s1. The zero-order valence-electron chi connectivity index (χ0n) is 8.27. The topological polar surface area (TPSA) is 43.8 Å². The summed E-state index contributed by atoms with van der Waals surface area (Å²) in [6, 6.07) is 6.26. The van der Waals surface area contributed by atoms with E-state index in [4.69, 9.17) is 5.73 Å². The Morgan fingerprint density at radius 2 is 2.21 bits per heavy atom. The summed E-state index contributed by atoms with van der Waals surface area (Å²) in [4.78, 5) is 2.38. The lowest BCUT2D eigenvalue weighted by Gasteiger charge is -1.97. The molecule has 2 aromatic heterocycles. The first-order valence-electron chi connectivity index (χ1n) is 4.52. The molecule has 2 aromatic rings. The van der Waals surface area contributed by atoms with Crippen molar-refractivity contribution in [2.45, 2.75) is 13.0 Å². The molecule has 74 valence electrons. The van der Waals surface area contributed by atoms with Gasteiger partial charge in [0.1, 0.15) is 5.69 Å². The number of aromatic nitrogens is 2. The molecule has 3 nitrogen and oxygen atoms in total. The second-order valence-corrected chi connectivity index (χ2v) is 4.48. The number of hydrogen-bond donors (Lipinski definition) is 1. The molecule has 1 unspecified atom stereocenters. The maximum Gasteiger partial charge on any atom is 0.102 e. The first-order valence-corrected chi connectivity index (χ1v) is 5.34. The molecule has 0 saturated carbocycles. The van der Waals surface area contributed by atoms with Gasteiger partial charge >= 0.3 is 0 Å². The molecule has 0 bridgehead atoms. The summed E-state index contributed by atoms with van der Waals surface area (Å²) in [5.74, 6) is 0. The monoisotopic (exact) mass is 207 g/mol. The Kier molecular flexibility index (Phi) is 2.39. The third-order valence-corrected chi connectivity index (χ3v) is 3.35. The average Bonchev–Trinajstić information content (AvgIpc) is 2.70. The van der Waals surface area contributed by atoms with Crippen molar-refractivity contribution in [3.8, 4) is 10.6 Å². The maximum absolute atomic E-state index is 5.80. The minimum atomic E-state index is 0.109. The summed E-state index contributed by atoms with van der Waals surface area (Å²) in [5, 5.41) is 4.34. The van der Waals surface area contributed by atoms with Crippen LogP contribution in [0.15, 0.2) is 24.4 Å². The van der Waals surface area contributed by atoms with Crippen LogP contribution in [0.2, 0.25) is 0 Å². The van der Waals surface area contributed by atoms with E-state index in [1.165, 1.54) is 9.75 Å². The van der Waals surface area contributed by atoms with Crippen molar-refractivity contribution >= 4 is 11.3 Å². The second-order valence-electron chi connectivity index (χ2n) is 3.37. The van der Waals surface area contributed by atoms with Gasteiger partial charge in [-0.05, 0) is 25.1 Å². The smallest absolute Gasteiger partial charge is 0.102 e. The largest absolute Gasteiger partial charge is 0.324 e. The van der Waals surface area contributed by atoms with Gasteiger partial charge in [-0.2, -0.15) is 5.10 Å². The molecule has 4 heteroatoms. The Balaban J connectivity index is 2.33. The van der Waals surface area contributed by atoms with Crippen molar-refractivity contribution in [1.82, 2.24) is 9.78 Å². The van der Waals surface area contributed by atoms with Crippen molar-refractivity contribution in [3.63, 3.8) is 0 Å². The Morgan fingerprint density at radius 1 is 1.43 bits per heavy atom. The lowest BCUT2D eigenvalue weighted by Crippen LogP contribution is -2.01. The third-order valence-electron chi connectivity index (χ3n) is 2.04. The fourth-order valence-corrected chi connectivity index (χ4v) is 2.21. The van der Waals surface area contributed by atoms with Crippen molar-refractivity contribution in [2.75, 3.05) is 0 Å². The van der Waals surface area contributed by atoms with Gasteiger partial charge in [0.25, 0.3) is 0 Å². The molecule has 0 saturated heterocycles. The number of nitrogens with zero attached hydrogens (tertiary/aromatic N) is 2. The van der Waals surface area contributed by atoms with Gasteiger partial charge in [0.2, 0.25) is 0 Å². The number of thiophene rings is 1. The van der Waals surface area contributed by atoms with E-state index in [2.05, 4.69) is 17.2 Å². The van der Waals surface area contributed by atoms with E-state index in [9.17, 15) is 0 Å². The zero-order chi connectivity index (χ0) is 10.1. The van der Waals surface area contributed by atoms with Gasteiger partial charge in [-0.25, -0.2) is 0 Å². The van der Waals surface area contributed by atoms with Gasteiger partial charge in [0.15, 0.2) is 0 Å². The van der Waals surface area contributed by atoms with Crippen LogP contribution in [-0.4, -0.2) is 9.78 Å². The highest BCUT2D eigenvalue weighted by Gasteiger charge is 2.07. The fourth-order valence-electron chi connectivity index (χ4n) is 1.28. The predicted molar refractivity (Wildman–Crippen MR) is 59.1 cm³/mol. The predicted octanol–water partition coefficient (Wildman–Crippen LogP) is 2.17.